The number of carbonyl (C=O) groups is 1. The summed E-state index contributed by atoms with van der Waals surface area (Å²) in [6.07, 6.45) is 0.728. The predicted octanol–water partition coefficient (Wildman–Crippen LogP) is 0.472. The lowest BCUT2D eigenvalue weighted by Crippen LogP contribution is -2.55. The number of rotatable bonds is 2. The first-order chi connectivity index (χ1) is 7.09. The Morgan fingerprint density at radius 3 is 2.73 bits per heavy atom. The van der Waals surface area contributed by atoms with Gasteiger partial charge in [-0.25, -0.2) is 4.39 Å². The summed E-state index contributed by atoms with van der Waals surface area (Å²) in [5, 5.41) is 0. The molecule has 0 bridgehead atoms. The molecule has 4 N–H and O–H groups in total. The minimum atomic E-state index is -0.382. The molecule has 1 saturated heterocycles. The third kappa shape index (κ3) is 1.60. The van der Waals surface area contributed by atoms with E-state index in [2.05, 4.69) is 0 Å². The number of carbonyl (C=O) groups excluding carboxylic acids is 1. The van der Waals surface area contributed by atoms with Crippen molar-refractivity contribution in [1.82, 2.24) is 0 Å². The molecule has 1 amide bonds. The first-order valence-corrected chi connectivity index (χ1v) is 4.70. The second-order valence-corrected chi connectivity index (χ2v) is 3.60. The molecule has 1 aromatic rings. The monoisotopic (exact) mass is 209 g/mol. The third-order valence-corrected chi connectivity index (χ3v) is 2.65. The number of hydrogen-bond donors (Lipinski definition) is 2. The van der Waals surface area contributed by atoms with Crippen molar-refractivity contribution >= 4 is 17.3 Å². The Balaban J connectivity index is 2.27. The summed E-state index contributed by atoms with van der Waals surface area (Å²) >= 11 is 0. The molecule has 80 valence electrons. The number of halogens is 1. The highest BCUT2D eigenvalue weighted by Gasteiger charge is 2.33. The van der Waals surface area contributed by atoms with Gasteiger partial charge in [0.15, 0.2) is 0 Å². The van der Waals surface area contributed by atoms with Crippen molar-refractivity contribution in [2.75, 3.05) is 17.2 Å². The summed E-state index contributed by atoms with van der Waals surface area (Å²) in [4.78, 5) is 12.8. The Morgan fingerprint density at radius 1 is 1.53 bits per heavy atom. The number of nitrogens with two attached hydrogens (primary N) is 2. The third-order valence-electron chi connectivity index (χ3n) is 2.65. The van der Waals surface area contributed by atoms with E-state index in [1.165, 1.54) is 12.1 Å². The van der Waals surface area contributed by atoms with Crippen LogP contribution in [0.2, 0.25) is 0 Å². The van der Waals surface area contributed by atoms with E-state index >= 15 is 0 Å². The van der Waals surface area contributed by atoms with E-state index in [9.17, 15) is 9.18 Å². The number of amides is 1. The summed E-state index contributed by atoms with van der Waals surface area (Å²) in [6, 6.07) is 3.82. The predicted molar refractivity (Wildman–Crippen MR) is 55.8 cm³/mol. The Hall–Kier alpha value is -1.78. The van der Waals surface area contributed by atoms with E-state index in [0.717, 1.165) is 13.0 Å². The number of nitrogen functional groups attached to an aromatic ring is 1. The molecule has 1 aliphatic rings. The number of benzene rings is 1. The molecule has 15 heavy (non-hydrogen) atoms. The van der Waals surface area contributed by atoms with E-state index in [1.54, 1.807) is 11.0 Å². The van der Waals surface area contributed by atoms with Crippen LogP contribution < -0.4 is 16.4 Å². The fraction of sp³-hybridized carbons (Fsp3) is 0.300. The normalized spacial score (nSPS) is 19.8. The molecule has 0 saturated carbocycles. The van der Waals surface area contributed by atoms with Crippen molar-refractivity contribution in [2.24, 2.45) is 5.73 Å². The summed E-state index contributed by atoms with van der Waals surface area (Å²) in [7, 11) is 0. The summed E-state index contributed by atoms with van der Waals surface area (Å²) in [5.74, 6) is -0.752. The molecule has 0 radical (unpaired) electrons. The Labute approximate surface area is 86.7 Å². The van der Waals surface area contributed by atoms with Gasteiger partial charge in [-0.2, -0.15) is 0 Å². The van der Waals surface area contributed by atoms with Crippen molar-refractivity contribution in [3.8, 4) is 0 Å². The van der Waals surface area contributed by atoms with E-state index in [-0.39, 0.29) is 17.8 Å². The van der Waals surface area contributed by atoms with Gasteiger partial charge in [0.2, 0.25) is 5.91 Å². The second kappa shape index (κ2) is 3.42. The van der Waals surface area contributed by atoms with Crippen LogP contribution >= 0.6 is 0 Å². The van der Waals surface area contributed by atoms with Crippen LogP contribution in [0.25, 0.3) is 0 Å². The lowest BCUT2D eigenvalue weighted by Gasteiger charge is -2.41. The molecule has 1 heterocycles. The molecular formula is C10H12FN3O. The number of anilines is 2. The molecule has 0 aliphatic carbocycles. The maximum absolute atomic E-state index is 12.8. The minimum absolute atomic E-state index is 0.308. The van der Waals surface area contributed by atoms with E-state index < -0.39 is 0 Å². The highest BCUT2D eigenvalue weighted by molar-refractivity contribution is 5.87. The molecule has 1 atom stereocenters. The highest BCUT2D eigenvalue weighted by Crippen LogP contribution is 2.31. The Kier molecular flexibility index (Phi) is 2.22. The Morgan fingerprint density at radius 2 is 2.27 bits per heavy atom. The van der Waals surface area contributed by atoms with Crippen molar-refractivity contribution < 1.29 is 9.18 Å². The van der Waals surface area contributed by atoms with Gasteiger partial charge in [-0.3, -0.25) is 4.79 Å². The van der Waals surface area contributed by atoms with Gasteiger partial charge in [0, 0.05) is 6.54 Å². The highest BCUT2D eigenvalue weighted by atomic mass is 19.1. The van der Waals surface area contributed by atoms with Gasteiger partial charge in [-0.05, 0) is 24.6 Å². The van der Waals surface area contributed by atoms with Crippen LogP contribution in [0.4, 0.5) is 15.8 Å². The second-order valence-electron chi connectivity index (χ2n) is 3.60. The van der Waals surface area contributed by atoms with Crippen molar-refractivity contribution in [1.29, 1.82) is 0 Å². The largest absolute Gasteiger partial charge is 0.397 e. The molecular weight excluding hydrogens is 197 g/mol. The zero-order valence-corrected chi connectivity index (χ0v) is 8.11. The molecule has 1 unspecified atom stereocenters. The van der Waals surface area contributed by atoms with E-state index in [0.29, 0.717) is 11.4 Å². The molecule has 0 spiro atoms. The molecule has 4 nitrogen and oxygen atoms in total. The minimum Gasteiger partial charge on any atom is -0.397 e. The molecule has 2 rings (SSSR count). The zero-order valence-electron chi connectivity index (χ0n) is 8.11. The lowest BCUT2D eigenvalue weighted by atomic mass is 10.0. The summed E-state index contributed by atoms with van der Waals surface area (Å²) < 4.78 is 12.8. The molecule has 0 aromatic heterocycles. The van der Waals surface area contributed by atoms with Gasteiger partial charge < -0.3 is 16.4 Å². The van der Waals surface area contributed by atoms with Gasteiger partial charge in [0.25, 0.3) is 0 Å². The van der Waals surface area contributed by atoms with Gasteiger partial charge in [-0.1, -0.05) is 0 Å². The summed E-state index contributed by atoms with van der Waals surface area (Å²) in [6.45, 7) is 0.726. The first kappa shape index (κ1) is 9.76. The average molecular weight is 209 g/mol. The SMILES string of the molecule is NC(=O)C1CCN1c1ccc(F)cc1N. The standard InChI is InChI=1S/C10H12FN3O/c11-6-1-2-8(7(12)5-6)14-4-3-9(14)10(13)15/h1-2,5,9H,3-4,12H2,(H2,13,15). The quantitative estimate of drug-likeness (QED) is 0.695. The van der Waals surface area contributed by atoms with Gasteiger partial charge in [-0.15, -0.1) is 0 Å². The molecule has 1 fully saturated rings. The van der Waals surface area contributed by atoms with Crippen LogP contribution in [0.5, 0.6) is 0 Å². The molecule has 1 aliphatic heterocycles. The zero-order chi connectivity index (χ0) is 11.0. The van der Waals surface area contributed by atoms with Crippen molar-refractivity contribution in [3.05, 3.63) is 24.0 Å². The van der Waals surface area contributed by atoms with Crippen LogP contribution in [-0.2, 0) is 4.79 Å². The topological polar surface area (TPSA) is 72.4 Å². The van der Waals surface area contributed by atoms with E-state index in [1.807, 2.05) is 0 Å². The number of nitrogens with zero attached hydrogens (tertiary/aromatic N) is 1. The Bertz CT molecular complexity index is 408. The fourth-order valence-electron chi connectivity index (χ4n) is 1.76. The van der Waals surface area contributed by atoms with Crippen LogP contribution in [0.1, 0.15) is 6.42 Å². The maximum atomic E-state index is 12.8. The van der Waals surface area contributed by atoms with Crippen molar-refractivity contribution in [2.45, 2.75) is 12.5 Å². The summed E-state index contributed by atoms with van der Waals surface area (Å²) in [5.41, 5.74) is 11.9. The van der Waals surface area contributed by atoms with Crippen LogP contribution in [-0.4, -0.2) is 18.5 Å². The first-order valence-electron chi connectivity index (χ1n) is 4.70. The average Bonchev–Trinajstić information content (AvgIpc) is 2.06. The maximum Gasteiger partial charge on any atom is 0.240 e. The molecule has 5 heteroatoms. The fourth-order valence-corrected chi connectivity index (χ4v) is 1.76. The van der Waals surface area contributed by atoms with Gasteiger partial charge >= 0.3 is 0 Å². The van der Waals surface area contributed by atoms with Crippen LogP contribution in [0, 0.1) is 5.82 Å². The molecule has 1 aromatic carbocycles. The van der Waals surface area contributed by atoms with Gasteiger partial charge in [0.05, 0.1) is 11.4 Å². The van der Waals surface area contributed by atoms with Gasteiger partial charge in [0.1, 0.15) is 11.9 Å². The lowest BCUT2D eigenvalue weighted by molar-refractivity contribution is -0.120. The van der Waals surface area contributed by atoms with Crippen LogP contribution in [0.15, 0.2) is 18.2 Å². The van der Waals surface area contributed by atoms with Crippen molar-refractivity contribution in [3.63, 3.8) is 0 Å². The number of hydrogen-bond acceptors (Lipinski definition) is 3. The van der Waals surface area contributed by atoms with E-state index in [4.69, 9.17) is 11.5 Å². The van der Waals surface area contributed by atoms with Crippen LogP contribution in [0.3, 0.4) is 0 Å². The smallest absolute Gasteiger partial charge is 0.240 e. The number of primary amides is 1.